The Bertz CT molecular complexity index is 1510. The number of halogens is 1. The molecule has 0 aliphatic carbocycles. The van der Waals surface area contributed by atoms with Crippen molar-refractivity contribution in [3.63, 3.8) is 0 Å². The number of rotatable bonds is 3. The van der Waals surface area contributed by atoms with Crippen LogP contribution in [0.25, 0.3) is 39.2 Å². The van der Waals surface area contributed by atoms with E-state index in [0.29, 0.717) is 5.69 Å². The number of nitrogens with zero attached hydrogens (tertiary/aromatic N) is 3. The average molecular weight is 440 g/mol. The number of aryl methyl sites for hydroxylation is 2. The molecule has 0 bridgehead atoms. The van der Waals surface area contributed by atoms with E-state index in [-0.39, 0.29) is 16.5 Å². The molecule has 2 heterocycles. The first kappa shape index (κ1) is 20.3. The molecule has 4 nitrogen and oxygen atoms in total. The smallest absolute Gasteiger partial charge is 0.294 e. The van der Waals surface area contributed by atoms with E-state index >= 15 is 0 Å². The van der Waals surface area contributed by atoms with E-state index < -0.39 is 0 Å². The van der Waals surface area contributed by atoms with E-state index in [0.717, 1.165) is 33.3 Å². The fraction of sp³-hybridized carbons (Fsp3) is 0.111. The molecule has 32 heavy (non-hydrogen) atoms. The van der Waals surface area contributed by atoms with Gasteiger partial charge in [0, 0.05) is 18.0 Å². The molecule has 0 amide bonds. The Morgan fingerprint density at radius 1 is 0.812 bits per heavy atom. The van der Waals surface area contributed by atoms with Crippen LogP contribution in [0.1, 0.15) is 11.1 Å². The molecule has 0 atom stereocenters. The summed E-state index contributed by atoms with van der Waals surface area (Å²) in [6.07, 6.45) is 0. The van der Waals surface area contributed by atoms with Crippen LogP contribution in [0.3, 0.4) is 0 Å². The number of fused-ring (bicyclic) bond motifs is 1. The lowest BCUT2D eigenvalue weighted by atomic mass is 10.1. The van der Waals surface area contributed by atoms with Crippen molar-refractivity contribution < 1.29 is 0 Å². The molecule has 0 saturated carbocycles. The largest absolute Gasteiger partial charge is 0.305 e. The summed E-state index contributed by atoms with van der Waals surface area (Å²) in [6, 6.07) is 26.2. The minimum Gasteiger partial charge on any atom is -0.305 e. The topological polar surface area (TPSA) is 39.8 Å². The lowest BCUT2D eigenvalue weighted by Crippen LogP contribution is -2.26. The first-order valence-electron chi connectivity index (χ1n) is 10.5. The highest BCUT2D eigenvalue weighted by Crippen LogP contribution is 2.32. The molecular weight excluding hydrogens is 418 g/mol. The van der Waals surface area contributed by atoms with E-state index in [2.05, 4.69) is 55.2 Å². The van der Waals surface area contributed by atoms with Crippen molar-refractivity contribution in [1.82, 2.24) is 14.1 Å². The van der Waals surface area contributed by atoms with Gasteiger partial charge in [0.15, 0.2) is 5.15 Å². The molecule has 5 heteroatoms. The van der Waals surface area contributed by atoms with Gasteiger partial charge in [0.2, 0.25) is 5.82 Å². The Morgan fingerprint density at radius 2 is 1.50 bits per heavy atom. The van der Waals surface area contributed by atoms with Gasteiger partial charge >= 0.3 is 0 Å². The summed E-state index contributed by atoms with van der Waals surface area (Å²) in [4.78, 5) is 18.2. The van der Waals surface area contributed by atoms with Gasteiger partial charge < -0.3 is 4.57 Å². The predicted octanol–water partition coefficient (Wildman–Crippen LogP) is 6.33. The SMILES string of the molecule is Cc1ccc(-c2cc3cc(C)ccc3n2-c2nc(Cl)c(-c3ccccc3)n(C)c2=O)cc1. The quantitative estimate of drug-likeness (QED) is 0.329. The Labute approximate surface area is 191 Å². The van der Waals surface area contributed by atoms with Crippen molar-refractivity contribution in [2.24, 2.45) is 7.05 Å². The van der Waals surface area contributed by atoms with Gasteiger partial charge in [-0.3, -0.25) is 9.36 Å². The molecule has 0 aliphatic rings. The summed E-state index contributed by atoms with van der Waals surface area (Å²) in [5.74, 6) is 0.284. The van der Waals surface area contributed by atoms with E-state index in [9.17, 15) is 4.79 Å². The van der Waals surface area contributed by atoms with Crippen LogP contribution in [0, 0.1) is 13.8 Å². The Balaban J connectivity index is 1.83. The Hall–Kier alpha value is -3.63. The average Bonchev–Trinajstić information content (AvgIpc) is 3.16. The second-order valence-electron chi connectivity index (χ2n) is 8.10. The van der Waals surface area contributed by atoms with Crippen LogP contribution in [0.5, 0.6) is 0 Å². The zero-order chi connectivity index (χ0) is 22.4. The highest BCUT2D eigenvalue weighted by molar-refractivity contribution is 6.31. The number of hydrogen-bond donors (Lipinski definition) is 0. The lowest BCUT2D eigenvalue weighted by Gasteiger charge is -2.15. The van der Waals surface area contributed by atoms with Gasteiger partial charge in [-0.05, 0) is 37.6 Å². The molecule has 0 radical (unpaired) electrons. The van der Waals surface area contributed by atoms with Crippen LogP contribution < -0.4 is 5.56 Å². The highest BCUT2D eigenvalue weighted by atomic mass is 35.5. The van der Waals surface area contributed by atoms with E-state index in [1.54, 1.807) is 11.6 Å². The molecule has 0 unspecified atom stereocenters. The van der Waals surface area contributed by atoms with Crippen LogP contribution in [-0.2, 0) is 7.05 Å². The van der Waals surface area contributed by atoms with E-state index in [1.807, 2.05) is 47.0 Å². The van der Waals surface area contributed by atoms with Gasteiger partial charge in [-0.1, -0.05) is 83.4 Å². The number of benzene rings is 3. The third-order valence-electron chi connectivity index (χ3n) is 5.79. The maximum Gasteiger partial charge on any atom is 0.294 e. The number of aromatic nitrogens is 3. The van der Waals surface area contributed by atoms with Gasteiger partial charge in [-0.15, -0.1) is 0 Å². The van der Waals surface area contributed by atoms with Gasteiger partial charge in [-0.25, -0.2) is 4.98 Å². The van der Waals surface area contributed by atoms with Gasteiger partial charge in [0.1, 0.15) is 0 Å². The van der Waals surface area contributed by atoms with Crippen molar-refractivity contribution in [1.29, 1.82) is 0 Å². The fourth-order valence-corrected chi connectivity index (χ4v) is 4.45. The maximum atomic E-state index is 13.6. The summed E-state index contributed by atoms with van der Waals surface area (Å²) in [6.45, 7) is 4.12. The molecule has 0 aliphatic heterocycles. The summed E-state index contributed by atoms with van der Waals surface area (Å²) in [7, 11) is 1.74. The number of hydrogen-bond acceptors (Lipinski definition) is 2. The van der Waals surface area contributed by atoms with Crippen molar-refractivity contribution >= 4 is 22.5 Å². The molecule has 158 valence electrons. The van der Waals surface area contributed by atoms with Gasteiger partial charge in [-0.2, -0.15) is 0 Å². The molecule has 5 aromatic rings. The van der Waals surface area contributed by atoms with Crippen molar-refractivity contribution in [3.8, 4) is 28.3 Å². The normalized spacial score (nSPS) is 11.2. The molecule has 0 saturated heterocycles. The van der Waals surface area contributed by atoms with Gasteiger partial charge in [0.25, 0.3) is 5.56 Å². The zero-order valence-corrected chi connectivity index (χ0v) is 18.9. The summed E-state index contributed by atoms with van der Waals surface area (Å²) >= 11 is 6.67. The molecule has 3 aromatic carbocycles. The van der Waals surface area contributed by atoms with Crippen LogP contribution in [0.4, 0.5) is 0 Å². The summed E-state index contributed by atoms with van der Waals surface area (Å²) in [5.41, 5.74) is 6.40. The molecule has 0 fully saturated rings. The van der Waals surface area contributed by atoms with Crippen LogP contribution >= 0.6 is 11.6 Å². The lowest BCUT2D eigenvalue weighted by molar-refractivity contribution is 0.826. The maximum absolute atomic E-state index is 13.6. The molecule has 2 aromatic heterocycles. The molecule has 0 N–H and O–H groups in total. The fourth-order valence-electron chi connectivity index (χ4n) is 4.14. The Kier molecular flexibility index (Phi) is 4.95. The summed E-state index contributed by atoms with van der Waals surface area (Å²) in [5, 5.41) is 1.34. The van der Waals surface area contributed by atoms with Crippen LogP contribution in [-0.4, -0.2) is 14.1 Å². The first-order chi connectivity index (χ1) is 15.4. The third-order valence-corrected chi connectivity index (χ3v) is 6.06. The molecular formula is C27H22ClN3O. The molecule has 5 rings (SSSR count). The second-order valence-corrected chi connectivity index (χ2v) is 8.46. The predicted molar refractivity (Wildman–Crippen MR) is 132 cm³/mol. The minimum absolute atomic E-state index is 0.209. The van der Waals surface area contributed by atoms with Crippen molar-refractivity contribution in [2.45, 2.75) is 13.8 Å². The first-order valence-corrected chi connectivity index (χ1v) is 10.8. The Morgan fingerprint density at radius 3 is 2.22 bits per heavy atom. The van der Waals surface area contributed by atoms with E-state index in [1.165, 1.54) is 5.56 Å². The van der Waals surface area contributed by atoms with E-state index in [4.69, 9.17) is 11.6 Å². The monoisotopic (exact) mass is 439 g/mol. The summed E-state index contributed by atoms with van der Waals surface area (Å²) < 4.78 is 3.50. The highest BCUT2D eigenvalue weighted by Gasteiger charge is 2.20. The minimum atomic E-state index is -0.209. The zero-order valence-electron chi connectivity index (χ0n) is 18.1. The van der Waals surface area contributed by atoms with Crippen molar-refractivity contribution in [2.75, 3.05) is 0 Å². The van der Waals surface area contributed by atoms with Crippen molar-refractivity contribution in [3.05, 3.63) is 105 Å². The standard InChI is InChI=1S/C27H22ClN3O/c1-17-9-12-19(13-10-17)23-16-21-15-18(2)11-14-22(21)31(23)26-27(32)30(3)24(25(28)29-26)20-7-5-4-6-8-20/h4-16H,1-3H3. The van der Waals surface area contributed by atoms with Crippen LogP contribution in [0.2, 0.25) is 5.15 Å². The molecule has 0 spiro atoms. The van der Waals surface area contributed by atoms with Crippen LogP contribution in [0.15, 0.2) is 83.7 Å². The third kappa shape index (κ3) is 3.33. The van der Waals surface area contributed by atoms with Gasteiger partial charge in [0.05, 0.1) is 16.9 Å². The second kappa shape index (κ2) is 7.81.